The van der Waals surface area contributed by atoms with Crippen LogP contribution in [0.1, 0.15) is 20.8 Å². The molecule has 5 heteroatoms. The van der Waals surface area contributed by atoms with Crippen LogP contribution < -0.4 is 5.32 Å². The second-order valence-corrected chi connectivity index (χ2v) is 4.57. The maximum Gasteiger partial charge on any atom is 0.252 e. The first-order chi connectivity index (χ1) is 6.90. The van der Waals surface area contributed by atoms with Crippen molar-refractivity contribution in [3.63, 3.8) is 0 Å². The molecule has 0 saturated carbocycles. The summed E-state index contributed by atoms with van der Waals surface area (Å²) in [6.07, 6.45) is -1.72. The molecule has 1 saturated heterocycles. The normalized spacial score (nSPS) is 24.8. The number of nitrogens with one attached hydrogen (secondary N) is 1. The van der Waals surface area contributed by atoms with Crippen LogP contribution in [-0.4, -0.2) is 48.6 Å². The van der Waals surface area contributed by atoms with E-state index in [1.54, 1.807) is 0 Å². The van der Waals surface area contributed by atoms with Gasteiger partial charge in [-0.25, -0.2) is 0 Å². The van der Waals surface area contributed by atoms with Gasteiger partial charge in [-0.1, -0.05) is 0 Å². The molecule has 2 unspecified atom stereocenters. The molecule has 0 aromatic carbocycles. The maximum atomic E-state index is 11.3. The number of aliphatic hydroxyl groups excluding tert-OH is 1. The van der Waals surface area contributed by atoms with Crippen molar-refractivity contribution in [2.45, 2.75) is 38.6 Å². The highest BCUT2D eigenvalue weighted by Gasteiger charge is 2.31. The molecule has 2 atom stereocenters. The zero-order valence-electron chi connectivity index (χ0n) is 9.45. The summed E-state index contributed by atoms with van der Waals surface area (Å²) in [4.78, 5) is 11.3. The van der Waals surface area contributed by atoms with Crippen molar-refractivity contribution in [1.29, 1.82) is 0 Å². The summed E-state index contributed by atoms with van der Waals surface area (Å²) in [5.41, 5.74) is -0.327. The molecule has 0 aliphatic carbocycles. The van der Waals surface area contributed by atoms with Crippen LogP contribution in [0.5, 0.6) is 0 Å². The van der Waals surface area contributed by atoms with E-state index in [1.807, 2.05) is 20.8 Å². The molecule has 1 aliphatic heterocycles. The maximum absolute atomic E-state index is 11.3. The fourth-order valence-corrected chi connectivity index (χ4v) is 1.24. The zero-order valence-corrected chi connectivity index (χ0v) is 9.45. The van der Waals surface area contributed by atoms with Gasteiger partial charge in [-0.05, 0) is 20.8 Å². The van der Waals surface area contributed by atoms with Crippen LogP contribution in [0.25, 0.3) is 0 Å². The number of amides is 1. The molecule has 5 nitrogen and oxygen atoms in total. The van der Waals surface area contributed by atoms with E-state index in [4.69, 9.17) is 9.47 Å². The number of hydrogen-bond acceptors (Lipinski definition) is 4. The Morgan fingerprint density at radius 2 is 2.33 bits per heavy atom. The summed E-state index contributed by atoms with van der Waals surface area (Å²) in [5.74, 6) is -0.272. The number of carbonyl (C=O) groups is 1. The van der Waals surface area contributed by atoms with Crippen LogP contribution in [0.4, 0.5) is 0 Å². The first-order valence-electron chi connectivity index (χ1n) is 5.11. The van der Waals surface area contributed by atoms with Gasteiger partial charge in [-0.15, -0.1) is 0 Å². The molecule has 1 fully saturated rings. The number of rotatable bonds is 3. The van der Waals surface area contributed by atoms with Crippen LogP contribution in [0, 0.1) is 0 Å². The van der Waals surface area contributed by atoms with E-state index in [0.29, 0.717) is 13.2 Å². The molecule has 0 spiro atoms. The van der Waals surface area contributed by atoms with Crippen LogP contribution >= 0.6 is 0 Å². The average Bonchev–Trinajstić information content (AvgIpc) is 2.14. The van der Waals surface area contributed by atoms with Crippen LogP contribution in [0.3, 0.4) is 0 Å². The summed E-state index contributed by atoms with van der Waals surface area (Å²) < 4.78 is 10.6. The van der Waals surface area contributed by atoms with Gasteiger partial charge in [0.05, 0.1) is 18.8 Å². The lowest BCUT2D eigenvalue weighted by Crippen LogP contribution is -2.51. The Kier molecular flexibility index (Phi) is 4.07. The first-order valence-corrected chi connectivity index (χ1v) is 5.11. The van der Waals surface area contributed by atoms with E-state index in [0.717, 1.165) is 0 Å². The van der Waals surface area contributed by atoms with Crippen LogP contribution in [0.15, 0.2) is 0 Å². The molecule has 2 N–H and O–H groups in total. The molecule has 0 radical (unpaired) electrons. The smallest absolute Gasteiger partial charge is 0.252 e. The molecule has 1 rings (SSSR count). The molecule has 1 amide bonds. The number of carbonyl (C=O) groups excluding carboxylic acids is 1. The largest absolute Gasteiger partial charge is 0.387 e. The topological polar surface area (TPSA) is 67.8 Å². The third-order valence-electron chi connectivity index (χ3n) is 1.99. The molecule has 88 valence electrons. The van der Waals surface area contributed by atoms with Gasteiger partial charge in [0.25, 0.3) is 5.91 Å². The highest BCUT2D eigenvalue weighted by atomic mass is 16.5. The Bertz CT molecular complexity index is 224. The Labute approximate surface area is 89.8 Å². The van der Waals surface area contributed by atoms with Gasteiger partial charge >= 0.3 is 0 Å². The van der Waals surface area contributed by atoms with E-state index >= 15 is 0 Å². The summed E-state index contributed by atoms with van der Waals surface area (Å²) in [5, 5.41) is 12.3. The SMILES string of the molecule is CC(C)(C)OCC(O)C1OCCNC1=O. The average molecular weight is 217 g/mol. The minimum atomic E-state index is -0.912. The lowest BCUT2D eigenvalue weighted by atomic mass is 10.1. The van der Waals surface area contributed by atoms with Gasteiger partial charge in [0.2, 0.25) is 0 Å². The number of ether oxygens (including phenoxy) is 2. The fraction of sp³-hybridized carbons (Fsp3) is 0.900. The Balaban J connectivity index is 2.38. The van der Waals surface area contributed by atoms with Crippen molar-refractivity contribution in [3.05, 3.63) is 0 Å². The lowest BCUT2D eigenvalue weighted by molar-refractivity contribution is -0.154. The minimum absolute atomic E-state index is 0.0988. The minimum Gasteiger partial charge on any atom is -0.387 e. The van der Waals surface area contributed by atoms with Crippen molar-refractivity contribution >= 4 is 5.91 Å². The lowest BCUT2D eigenvalue weighted by Gasteiger charge is -2.28. The van der Waals surface area contributed by atoms with Crippen molar-refractivity contribution in [3.8, 4) is 0 Å². The molecule has 1 aliphatic rings. The van der Waals surface area contributed by atoms with Gasteiger partial charge in [-0.3, -0.25) is 4.79 Å². The van der Waals surface area contributed by atoms with Crippen molar-refractivity contribution in [1.82, 2.24) is 5.32 Å². The molecule has 0 bridgehead atoms. The zero-order chi connectivity index (χ0) is 11.5. The fourth-order valence-electron chi connectivity index (χ4n) is 1.24. The first kappa shape index (κ1) is 12.4. The monoisotopic (exact) mass is 217 g/mol. The van der Waals surface area contributed by atoms with Gasteiger partial charge in [0.15, 0.2) is 6.10 Å². The number of hydrogen-bond donors (Lipinski definition) is 2. The Morgan fingerprint density at radius 1 is 1.67 bits per heavy atom. The highest BCUT2D eigenvalue weighted by molar-refractivity contribution is 5.81. The summed E-state index contributed by atoms with van der Waals surface area (Å²) in [6.45, 7) is 6.71. The van der Waals surface area contributed by atoms with E-state index in [9.17, 15) is 9.90 Å². The van der Waals surface area contributed by atoms with E-state index in [1.165, 1.54) is 0 Å². The second kappa shape index (κ2) is 4.92. The predicted octanol–water partition coefficient (Wildman–Crippen LogP) is -0.323. The molecule has 0 aromatic rings. The predicted molar refractivity (Wildman–Crippen MR) is 54.5 cm³/mol. The van der Waals surface area contributed by atoms with Gasteiger partial charge in [0.1, 0.15) is 6.10 Å². The Morgan fingerprint density at radius 3 is 2.87 bits per heavy atom. The molecule has 1 heterocycles. The molecular formula is C10H19NO4. The summed E-state index contributed by atoms with van der Waals surface area (Å²) in [6, 6.07) is 0. The van der Waals surface area contributed by atoms with Gasteiger partial charge < -0.3 is 19.9 Å². The molecule has 15 heavy (non-hydrogen) atoms. The van der Waals surface area contributed by atoms with Gasteiger partial charge in [-0.2, -0.15) is 0 Å². The standard InChI is InChI=1S/C10H19NO4/c1-10(2,3)15-6-7(12)8-9(13)11-4-5-14-8/h7-8,12H,4-6H2,1-3H3,(H,11,13). The Hall–Kier alpha value is -0.650. The van der Waals surface area contributed by atoms with E-state index in [2.05, 4.69) is 5.32 Å². The molecule has 0 aromatic heterocycles. The van der Waals surface area contributed by atoms with Crippen molar-refractivity contribution in [2.24, 2.45) is 0 Å². The number of aliphatic hydroxyl groups is 1. The van der Waals surface area contributed by atoms with Crippen LogP contribution in [-0.2, 0) is 14.3 Å². The highest BCUT2D eigenvalue weighted by Crippen LogP contribution is 2.10. The summed E-state index contributed by atoms with van der Waals surface area (Å²) in [7, 11) is 0. The van der Waals surface area contributed by atoms with Crippen molar-refractivity contribution < 1.29 is 19.4 Å². The second-order valence-electron chi connectivity index (χ2n) is 4.57. The van der Waals surface area contributed by atoms with Crippen LogP contribution in [0.2, 0.25) is 0 Å². The third-order valence-corrected chi connectivity index (χ3v) is 1.99. The third kappa shape index (κ3) is 4.15. The number of morpholine rings is 1. The van der Waals surface area contributed by atoms with Gasteiger partial charge in [0, 0.05) is 6.54 Å². The van der Waals surface area contributed by atoms with E-state index < -0.39 is 12.2 Å². The van der Waals surface area contributed by atoms with E-state index in [-0.39, 0.29) is 18.1 Å². The molecular weight excluding hydrogens is 198 g/mol. The van der Waals surface area contributed by atoms with Crippen molar-refractivity contribution in [2.75, 3.05) is 19.8 Å². The summed E-state index contributed by atoms with van der Waals surface area (Å²) >= 11 is 0. The quantitative estimate of drug-likeness (QED) is 0.679.